The van der Waals surface area contributed by atoms with Gasteiger partial charge in [-0.1, -0.05) is 48.0 Å². The topological polar surface area (TPSA) is 66.5 Å². The minimum atomic E-state index is -3.54. The summed E-state index contributed by atoms with van der Waals surface area (Å²) < 4.78 is 27.0. The number of nitrogens with one attached hydrogen (secondary N) is 1. The Labute approximate surface area is 177 Å². The Morgan fingerprint density at radius 3 is 2.59 bits per heavy atom. The van der Waals surface area contributed by atoms with E-state index in [2.05, 4.69) is 36.5 Å². The zero-order chi connectivity index (χ0) is 20.7. The van der Waals surface area contributed by atoms with Crippen molar-refractivity contribution in [3.05, 3.63) is 65.7 Å². The summed E-state index contributed by atoms with van der Waals surface area (Å²) in [5.41, 5.74) is 2.53. The van der Waals surface area contributed by atoms with Crippen molar-refractivity contribution in [3.8, 4) is 0 Å². The average Bonchev–Trinajstić information content (AvgIpc) is 2.75. The lowest BCUT2D eigenvalue weighted by atomic mass is 9.99. The smallest absolute Gasteiger partial charge is 0.243 e. The van der Waals surface area contributed by atoms with Crippen LogP contribution >= 0.6 is 11.8 Å². The number of carbonyl (C=O) groups is 1. The number of piperidine rings is 1. The highest BCUT2D eigenvalue weighted by atomic mass is 32.2. The summed E-state index contributed by atoms with van der Waals surface area (Å²) in [7, 11) is -3.54. The third kappa shape index (κ3) is 6.07. The number of hydrogen-bond acceptors (Lipinski definition) is 4. The van der Waals surface area contributed by atoms with Crippen molar-refractivity contribution < 1.29 is 13.2 Å². The second kappa shape index (κ2) is 10.3. The molecule has 0 spiro atoms. The fourth-order valence-electron chi connectivity index (χ4n) is 3.38. The molecule has 29 heavy (non-hydrogen) atoms. The number of benzene rings is 2. The largest absolute Gasteiger partial charge is 0.355 e. The van der Waals surface area contributed by atoms with Gasteiger partial charge in [-0.25, -0.2) is 8.42 Å². The summed E-state index contributed by atoms with van der Waals surface area (Å²) >= 11 is 1.78. The van der Waals surface area contributed by atoms with E-state index in [1.165, 1.54) is 15.4 Å². The summed E-state index contributed by atoms with van der Waals surface area (Å²) in [4.78, 5) is 12.8. The van der Waals surface area contributed by atoms with Crippen LogP contribution in [0.2, 0.25) is 0 Å². The van der Waals surface area contributed by atoms with Gasteiger partial charge in [-0.05, 0) is 37.5 Å². The average molecular weight is 433 g/mol. The highest BCUT2D eigenvalue weighted by molar-refractivity contribution is 7.98. The maximum absolute atomic E-state index is 12.8. The summed E-state index contributed by atoms with van der Waals surface area (Å²) in [5, 5.41) is 2.98. The first-order chi connectivity index (χ1) is 14.0. The van der Waals surface area contributed by atoms with Crippen LogP contribution in [0.25, 0.3) is 0 Å². The van der Waals surface area contributed by atoms with Gasteiger partial charge in [-0.3, -0.25) is 4.79 Å². The summed E-state index contributed by atoms with van der Waals surface area (Å²) in [6.45, 7) is 3.38. The van der Waals surface area contributed by atoms with Gasteiger partial charge in [0.15, 0.2) is 0 Å². The molecule has 1 unspecified atom stereocenters. The summed E-state index contributed by atoms with van der Waals surface area (Å²) in [6.07, 6.45) is 1.43. The molecule has 1 fully saturated rings. The molecule has 2 aromatic rings. The number of nitrogens with zero attached hydrogens (tertiary/aromatic N) is 1. The van der Waals surface area contributed by atoms with Gasteiger partial charge in [0.2, 0.25) is 15.9 Å². The Morgan fingerprint density at radius 2 is 1.86 bits per heavy atom. The van der Waals surface area contributed by atoms with Crippen molar-refractivity contribution in [3.63, 3.8) is 0 Å². The predicted octanol–water partition coefficient (Wildman–Crippen LogP) is 3.45. The van der Waals surface area contributed by atoms with Crippen LogP contribution in [-0.2, 0) is 20.6 Å². The molecule has 1 N–H and O–H groups in total. The molecule has 0 radical (unpaired) electrons. The number of carbonyl (C=O) groups excluding carboxylic acids is 1. The molecular weight excluding hydrogens is 404 g/mol. The summed E-state index contributed by atoms with van der Waals surface area (Å²) in [6, 6.07) is 16.9. The molecule has 1 atom stereocenters. The Hall–Kier alpha value is -1.83. The maximum atomic E-state index is 12.8. The highest BCUT2D eigenvalue weighted by Gasteiger charge is 2.33. The van der Waals surface area contributed by atoms with E-state index in [4.69, 9.17) is 0 Å². The SMILES string of the molecule is Cc1ccc(CSCCNC(=O)C2CCCN(S(=O)(=O)c3ccccc3)C2)cc1. The molecule has 1 aliphatic heterocycles. The zero-order valence-corrected chi connectivity index (χ0v) is 18.3. The number of rotatable bonds is 8. The van der Waals surface area contributed by atoms with E-state index in [0.717, 1.165) is 17.9 Å². The normalized spacial score (nSPS) is 17.8. The van der Waals surface area contributed by atoms with Crippen LogP contribution in [0.5, 0.6) is 0 Å². The van der Waals surface area contributed by atoms with E-state index >= 15 is 0 Å². The van der Waals surface area contributed by atoms with E-state index in [1.54, 1.807) is 42.1 Å². The molecule has 7 heteroatoms. The highest BCUT2D eigenvalue weighted by Crippen LogP contribution is 2.23. The first-order valence-corrected chi connectivity index (χ1v) is 12.5. The van der Waals surface area contributed by atoms with Crippen LogP contribution in [-0.4, -0.2) is 44.0 Å². The van der Waals surface area contributed by atoms with Crippen LogP contribution in [0.1, 0.15) is 24.0 Å². The van der Waals surface area contributed by atoms with Crippen molar-refractivity contribution in [2.45, 2.75) is 30.4 Å². The van der Waals surface area contributed by atoms with Crippen LogP contribution < -0.4 is 5.32 Å². The van der Waals surface area contributed by atoms with E-state index in [9.17, 15) is 13.2 Å². The van der Waals surface area contributed by atoms with E-state index in [0.29, 0.717) is 19.5 Å². The minimum Gasteiger partial charge on any atom is -0.355 e. The predicted molar refractivity (Wildman–Crippen MR) is 118 cm³/mol. The molecule has 3 rings (SSSR count). The fourth-order valence-corrected chi connectivity index (χ4v) is 5.75. The van der Waals surface area contributed by atoms with Crippen LogP contribution in [0.15, 0.2) is 59.5 Å². The molecular formula is C22H28N2O3S2. The first-order valence-electron chi connectivity index (χ1n) is 9.93. The van der Waals surface area contributed by atoms with Gasteiger partial charge in [0, 0.05) is 31.1 Å². The first kappa shape index (κ1) is 21.9. The lowest BCUT2D eigenvalue weighted by Gasteiger charge is -2.31. The van der Waals surface area contributed by atoms with Crippen LogP contribution in [0.4, 0.5) is 0 Å². The number of thioether (sulfide) groups is 1. The summed E-state index contributed by atoms with van der Waals surface area (Å²) in [5.74, 6) is 1.42. The number of aryl methyl sites for hydroxylation is 1. The Kier molecular flexibility index (Phi) is 7.75. The number of amides is 1. The van der Waals surface area contributed by atoms with Gasteiger partial charge in [0.05, 0.1) is 10.8 Å². The molecule has 156 valence electrons. The maximum Gasteiger partial charge on any atom is 0.243 e. The van der Waals surface area contributed by atoms with Gasteiger partial charge >= 0.3 is 0 Å². The van der Waals surface area contributed by atoms with Gasteiger partial charge in [-0.15, -0.1) is 0 Å². The standard InChI is InChI=1S/C22H28N2O3S2/c1-18-9-11-19(12-10-18)17-28-15-13-23-22(25)20-6-5-14-24(16-20)29(26,27)21-7-3-2-4-8-21/h2-4,7-12,20H,5-6,13-17H2,1H3,(H,23,25). The van der Waals surface area contributed by atoms with E-state index < -0.39 is 10.0 Å². The van der Waals surface area contributed by atoms with Gasteiger partial charge in [0.25, 0.3) is 0 Å². The molecule has 0 bridgehead atoms. The van der Waals surface area contributed by atoms with Crippen molar-refractivity contribution in [1.82, 2.24) is 9.62 Å². The van der Waals surface area contributed by atoms with Crippen LogP contribution in [0, 0.1) is 12.8 Å². The van der Waals surface area contributed by atoms with Crippen molar-refractivity contribution in [2.24, 2.45) is 5.92 Å². The number of hydrogen-bond donors (Lipinski definition) is 1. The van der Waals surface area contributed by atoms with Gasteiger partial charge in [-0.2, -0.15) is 16.1 Å². The zero-order valence-electron chi connectivity index (χ0n) is 16.7. The second-order valence-electron chi connectivity index (χ2n) is 7.34. The monoisotopic (exact) mass is 432 g/mol. The fraction of sp³-hybridized carbons (Fsp3) is 0.409. The molecule has 2 aromatic carbocycles. The Bertz CT molecular complexity index is 899. The minimum absolute atomic E-state index is 0.0473. The third-order valence-electron chi connectivity index (χ3n) is 5.07. The van der Waals surface area contributed by atoms with Crippen molar-refractivity contribution in [1.29, 1.82) is 0 Å². The molecule has 0 aromatic heterocycles. The van der Waals surface area contributed by atoms with Crippen molar-refractivity contribution >= 4 is 27.7 Å². The van der Waals surface area contributed by atoms with Gasteiger partial charge in [0.1, 0.15) is 0 Å². The van der Waals surface area contributed by atoms with Crippen LogP contribution in [0.3, 0.4) is 0 Å². The number of sulfonamides is 1. The second-order valence-corrected chi connectivity index (χ2v) is 10.4. The molecule has 1 amide bonds. The van der Waals surface area contributed by atoms with E-state index in [1.807, 2.05) is 0 Å². The molecule has 1 heterocycles. The molecule has 0 aliphatic carbocycles. The lowest BCUT2D eigenvalue weighted by Crippen LogP contribution is -2.45. The Balaban J connectivity index is 1.44. The third-order valence-corrected chi connectivity index (χ3v) is 7.98. The quantitative estimate of drug-likeness (QED) is 0.649. The lowest BCUT2D eigenvalue weighted by molar-refractivity contribution is -0.125. The Morgan fingerprint density at radius 1 is 1.14 bits per heavy atom. The van der Waals surface area contributed by atoms with E-state index in [-0.39, 0.29) is 23.3 Å². The van der Waals surface area contributed by atoms with Crippen molar-refractivity contribution in [2.75, 3.05) is 25.4 Å². The molecule has 0 saturated carbocycles. The molecule has 5 nitrogen and oxygen atoms in total. The molecule has 1 saturated heterocycles. The van der Waals surface area contributed by atoms with Gasteiger partial charge < -0.3 is 5.32 Å². The molecule has 1 aliphatic rings.